The van der Waals surface area contributed by atoms with Crippen LogP contribution in [0.15, 0.2) is 35.3 Å². The molecule has 0 radical (unpaired) electrons. The van der Waals surface area contributed by atoms with Gasteiger partial charge in [-0.25, -0.2) is 0 Å². The third kappa shape index (κ3) is 13.0. The molecule has 6 nitrogen and oxygen atoms in total. The molecule has 0 bridgehead atoms. The number of benzene rings is 1. The van der Waals surface area contributed by atoms with Crippen molar-refractivity contribution in [3.8, 4) is 0 Å². The molecule has 0 spiro atoms. The number of nitrogens with one attached hydrogen (secondary N) is 2. The fraction of sp³-hybridized carbons (Fsp3) is 0.611. The predicted octanol–water partition coefficient (Wildman–Crippen LogP) is 2.29. The van der Waals surface area contributed by atoms with E-state index < -0.39 is 0 Å². The summed E-state index contributed by atoms with van der Waals surface area (Å²) in [6.45, 7) is 6.88. The number of hydrogen-bond donors (Lipinski definition) is 2. The Labute approximate surface area is 168 Å². The summed E-state index contributed by atoms with van der Waals surface area (Å²) in [5, 5.41) is 6.51. The average molecular weight is 465 g/mol. The number of hydrogen-bond acceptors (Lipinski definition) is 4. The number of guanidine groups is 1. The monoisotopic (exact) mass is 465 g/mol. The topological polar surface area (TPSA) is 64.1 Å². The highest BCUT2D eigenvalue weighted by atomic mass is 127. The van der Waals surface area contributed by atoms with Crippen molar-refractivity contribution < 1.29 is 14.2 Å². The molecule has 1 aromatic carbocycles. The highest BCUT2D eigenvalue weighted by molar-refractivity contribution is 14.0. The Morgan fingerprint density at radius 2 is 1.84 bits per heavy atom. The molecular formula is C18H32IN3O3. The number of ether oxygens (including phenoxy) is 3. The van der Waals surface area contributed by atoms with Crippen LogP contribution in [0.4, 0.5) is 0 Å². The summed E-state index contributed by atoms with van der Waals surface area (Å²) in [4.78, 5) is 4.20. The third-order valence-corrected chi connectivity index (χ3v) is 3.33. The Bertz CT molecular complexity index is 446. The van der Waals surface area contributed by atoms with Crippen LogP contribution in [-0.2, 0) is 20.8 Å². The first-order valence-corrected chi connectivity index (χ1v) is 8.39. The van der Waals surface area contributed by atoms with Gasteiger partial charge >= 0.3 is 0 Å². The van der Waals surface area contributed by atoms with Gasteiger partial charge in [-0.05, 0) is 11.5 Å². The van der Waals surface area contributed by atoms with Crippen LogP contribution in [0.3, 0.4) is 0 Å². The molecule has 7 heteroatoms. The Hall–Kier alpha value is -0.900. The molecule has 1 aromatic rings. The Morgan fingerprint density at radius 3 is 2.52 bits per heavy atom. The summed E-state index contributed by atoms with van der Waals surface area (Å²) in [5.74, 6) is 1.17. The molecule has 1 atom stereocenters. The first kappa shape index (κ1) is 24.1. The smallest absolute Gasteiger partial charge is 0.191 e. The van der Waals surface area contributed by atoms with Crippen LogP contribution < -0.4 is 10.6 Å². The zero-order valence-electron chi connectivity index (χ0n) is 15.5. The fourth-order valence-corrected chi connectivity index (χ4v) is 1.99. The average Bonchev–Trinajstić information content (AvgIpc) is 2.61. The van der Waals surface area contributed by atoms with Crippen molar-refractivity contribution in [2.75, 3.05) is 53.7 Å². The molecule has 25 heavy (non-hydrogen) atoms. The predicted molar refractivity (Wildman–Crippen MR) is 113 cm³/mol. The van der Waals surface area contributed by atoms with Crippen LogP contribution in [-0.4, -0.2) is 59.6 Å². The van der Waals surface area contributed by atoms with Gasteiger partial charge < -0.3 is 24.8 Å². The minimum atomic E-state index is 0. The van der Waals surface area contributed by atoms with Crippen molar-refractivity contribution in [2.24, 2.45) is 10.9 Å². The first-order chi connectivity index (χ1) is 11.8. The van der Waals surface area contributed by atoms with Gasteiger partial charge in [-0.3, -0.25) is 4.99 Å². The molecule has 0 saturated heterocycles. The van der Waals surface area contributed by atoms with Gasteiger partial charge in [-0.2, -0.15) is 0 Å². The van der Waals surface area contributed by atoms with Crippen molar-refractivity contribution in [3.63, 3.8) is 0 Å². The minimum Gasteiger partial charge on any atom is -0.382 e. The molecule has 0 saturated carbocycles. The largest absolute Gasteiger partial charge is 0.382 e. The van der Waals surface area contributed by atoms with E-state index in [1.54, 1.807) is 14.2 Å². The molecule has 0 heterocycles. The second-order valence-corrected chi connectivity index (χ2v) is 5.59. The highest BCUT2D eigenvalue weighted by Crippen LogP contribution is 2.02. The van der Waals surface area contributed by atoms with Gasteiger partial charge in [0.05, 0.1) is 33.0 Å². The third-order valence-electron chi connectivity index (χ3n) is 3.33. The van der Waals surface area contributed by atoms with E-state index in [1.165, 1.54) is 5.56 Å². The van der Waals surface area contributed by atoms with Crippen LogP contribution in [0.25, 0.3) is 0 Å². The SMILES string of the molecule is CN=C(NCCOCCOC)NCC(C)COCc1ccccc1.I. The lowest BCUT2D eigenvalue weighted by molar-refractivity contribution is 0.0733. The van der Waals surface area contributed by atoms with Gasteiger partial charge in [0.15, 0.2) is 5.96 Å². The summed E-state index contributed by atoms with van der Waals surface area (Å²) < 4.78 is 16.1. The molecule has 144 valence electrons. The Morgan fingerprint density at radius 1 is 1.08 bits per heavy atom. The number of methoxy groups -OCH3 is 1. The van der Waals surface area contributed by atoms with Gasteiger partial charge in [0.1, 0.15) is 0 Å². The summed E-state index contributed by atoms with van der Waals surface area (Å²) >= 11 is 0. The lowest BCUT2D eigenvalue weighted by atomic mass is 10.2. The second-order valence-electron chi connectivity index (χ2n) is 5.59. The standard InChI is InChI=1S/C18H31N3O3.HI/c1-16(14-24-15-17-7-5-4-6-8-17)13-21-18(19-2)20-9-10-23-12-11-22-3;/h4-8,16H,9-15H2,1-3H3,(H2,19,20,21);1H. The molecule has 0 aliphatic carbocycles. The van der Waals surface area contributed by atoms with Gasteiger partial charge in [-0.15, -0.1) is 24.0 Å². The highest BCUT2D eigenvalue weighted by Gasteiger charge is 2.04. The van der Waals surface area contributed by atoms with E-state index in [-0.39, 0.29) is 24.0 Å². The van der Waals surface area contributed by atoms with Crippen molar-refractivity contribution in [1.82, 2.24) is 10.6 Å². The van der Waals surface area contributed by atoms with Crippen molar-refractivity contribution in [3.05, 3.63) is 35.9 Å². The molecule has 1 unspecified atom stereocenters. The molecule has 0 amide bonds. The normalized spacial score (nSPS) is 12.4. The zero-order valence-corrected chi connectivity index (χ0v) is 17.8. The van der Waals surface area contributed by atoms with E-state index >= 15 is 0 Å². The molecule has 0 fully saturated rings. The first-order valence-electron chi connectivity index (χ1n) is 8.39. The van der Waals surface area contributed by atoms with Gasteiger partial charge in [0.2, 0.25) is 0 Å². The second kappa shape index (κ2) is 16.6. The van der Waals surface area contributed by atoms with E-state index in [9.17, 15) is 0 Å². The molecular weight excluding hydrogens is 433 g/mol. The summed E-state index contributed by atoms with van der Waals surface area (Å²) in [7, 11) is 3.43. The van der Waals surface area contributed by atoms with Crippen LogP contribution in [0.2, 0.25) is 0 Å². The van der Waals surface area contributed by atoms with E-state index in [1.807, 2.05) is 18.2 Å². The number of halogens is 1. The molecule has 2 N–H and O–H groups in total. The van der Waals surface area contributed by atoms with Gasteiger partial charge in [0, 0.05) is 27.2 Å². The van der Waals surface area contributed by atoms with Crippen LogP contribution in [0, 0.1) is 5.92 Å². The minimum absolute atomic E-state index is 0. The number of nitrogens with zero attached hydrogens (tertiary/aromatic N) is 1. The van der Waals surface area contributed by atoms with Crippen LogP contribution in [0.1, 0.15) is 12.5 Å². The quantitative estimate of drug-likeness (QED) is 0.215. The van der Waals surface area contributed by atoms with E-state index in [2.05, 4.69) is 34.7 Å². The maximum absolute atomic E-state index is 5.75. The molecule has 1 rings (SSSR count). The Kier molecular flexibility index (Phi) is 16.0. The van der Waals surface area contributed by atoms with Crippen molar-refractivity contribution >= 4 is 29.9 Å². The molecule has 0 aliphatic rings. The maximum Gasteiger partial charge on any atom is 0.191 e. The van der Waals surface area contributed by atoms with Crippen molar-refractivity contribution in [2.45, 2.75) is 13.5 Å². The Balaban J connectivity index is 0.00000576. The zero-order chi connectivity index (χ0) is 17.5. The van der Waals surface area contributed by atoms with Gasteiger partial charge in [-0.1, -0.05) is 37.3 Å². The van der Waals surface area contributed by atoms with Gasteiger partial charge in [0.25, 0.3) is 0 Å². The summed E-state index contributed by atoms with van der Waals surface area (Å²) in [5.41, 5.74) is 1.20. The van der Waals surface area contributed by atoms with Crippen LogP contribution >= 0.6 is 24.0 Å². The number of aliphatic imine (C=N–C) groups is 1. The maximum atomic E-state index is 5.75. The summed E-state index contributed by atoms with van der Waals surface area (Å²) in [6.07, 6.45) is 0. The fourth-order valence-electron chi connectivity index (χ4n) is 1.99. The molecule has 0 aromatic heterocycles. The number of rotatable bonds is 12. The lowest BCUT2D eigenvalue weighted by Gasteiger charge is -2.16. The van der Waals surface area contributed by atoms with E-state index in [4.69, 9.17) is 14.2 Å². The van der Waals surface area contributed by atoms with E-state index in [0.29, 0.717) is 45.5 Å². The lowest BCUT2D eigenvalue weighted by Crippen LogP contribution is -2.41. The van der Waals surface area contributed by atoms with Crippen LogP contribution in [0.5, 0.6) is 0 Å². The van der Waals surface area contributed by atoms with E-state index in [0.717, 1.165) is 12.5 Å². The summed E-state index contributed by atoms with van der Waals surface area (Å²) in [6, 6.07) is 10.2. The molecule has 0 aliphatic heterocycles. The van der Waals surface area contributed by atoms with Crippen molar-refractivity contribution in [1.29, 1.82) is 0 Å².